The van der Waals surface area contributed by atoms with Crippen LogP contribution in [0.25, 0.3) is 11.3 Å². The first kappa shape index (κ1) is 17.2. The fourth-order valence-corrected chi connectivity index (χ4v) is 2.37. The number of ketones is 1. The summed E-state index contributed by atoms with van der Waals surface area (Å²) in [6, 6.07) is 15.8. The Morgan fingerprint density at radius 2 is 1.85 bits per heavy atom. The summed E-state index contributed by atoms with van der Waals surface area (Å²) >= 11 is 0. The molecule has 7 nitrogen and oxygen atoms in total. The zero-order chi connectivity index (χ0) is 18.5. The lowest BCUT2D eigenvalue weighted by molar-refractivity contribution is -0.117. The van der Waals surface area contributed by atoms with E-state index in [1.165, 1.54) is 13.1 Å². The third-order valence-corrected chi connectivity index (χ3v) is 3.67. The van der Waals surface area contributed by atoms with Crippen molar-refractivity contribution in [1.29, 1.82) is 0 Å². The SMILES string of the molecule is CC(=O)c1cccc(NC(=O)Cn2ncc(-c3ccccc3)nc2=O)c1. The minimum Gasteiger partial charge on any atom is -0.324 e. The molecule has 0 aliphatic heterocycles. The number of hydrogen-bond donors (Lipinski definition) is 1. The Morgan fingerprint density at radius 3 is 2.54 bits per heavy atom. The molecule has 1 amide bonds. The molecule has 2 aromatic carbocycles. The number of nitrogens with zero attached hydrogens (tertiary/aromatic N) is 3. The molecular weight excluding hydrogens is 332 g/mol. The summed E-state index contributed by atoms with van der Waals surface area (Å²) < 4.78 is 0.983. The summed E-state index contributed by atoms with van der Waals surface area (Å²) in [6.45, 7) is 1.18. The molecular formula is C19H16N4O3. The van der Waals surface area contributed by atoms with Crippen molar-refractivity contribution in [2.24, 2.45) is 0 Å². The standard InChI is InChI=1S/C19H16N4O3/c1-13(24)15-8-5-9-16(10-15)21-18(25)12-23-19(26)22-17(11-20-23)14-6-3-2-4-7-14/h2-11H,12H2,1H3,(H,21,25). The quantitative estimate of drug-likeness (QED) is 0.713. The average Bonchev–Trinajstić information content (AvgIpc) is 2.64. The Kier molecular flexibility index (Phi) is 4.98. The van der Waals surface area contributed by atoms with Crippen LogP contribution in [0.5, 0.6) is 0 Å². The largest absolute Gasteiger partial charge is 0.365 e. The molecule has 0 fully saturated rings. The Hall–Kier alpha value is -3.61. The van der Waals surface area contributed by atoms with Crippen LogP contribution in [0.1, 0.15) is 17.3 Å². The van der Waals surface area contributed by atoms with Crippen molar-refractivity contribution < 1.29 is 9.59 Å². The summed E-state index contributed by atoms with van der Waals surface area (Å²) in [7, 11) is 0. The van der Waals surface area contributed by atoms with Gasteiger partial charge in [0, 0.05) is 16.8 Å². The van der Waals surface area contributed by atoms with Gasteiger partial charge >= 0.3 is 5.69 Å². The van der Waals surface area contributed by atoms with E-state index in [9.17, 15) is 14.4 Å². The van der Waals surface area contributed by atoms with Gasteiger partial charge in [0.05, 0.1) is 11.9 Å². The van der Waals surface area contributed by atoms with Crippen LogP contribution in [0.2, 0.25) is 0 Å². The number of carbonyl (C=O) groups excluding carboxylic acids is 2. The Labute approximate surface area is 149 Å². The van der Waals surface area contributed by atoms with Crippen LogP contribution in [0.15, 0.2) is 65.6 Å². The highest BCUT2D eigenvalue weighted by atomic mass is 16.2. The van der Waals surface area contributed by atoms with Gasteiger partial charge in [0.1, 0.15) is 6.54 Å². The highest BCUT2D eigenvalue weighted by molar-refractivity contribution is 5.97. The van der Waals surface area contributed by atoms with Crippen LogP contribution in [-0.4, -0.2) is 26.5 Å². The van der Waals surface area contributed by atoms with Crippen LogP contribution in [0, 0.1) is 0 Å². The van der Waals surface area contributed by atoms with Crippen molar-refractivity contribution in [3.63, 3.8) is 0 Å². The molecule has 0 bridgehead atoms. The van der Waals surface area contributed by atoms with E-state index in [0.717, 1.165) is 10.2 Å². The number of nitrogens with one attached hydrogen (secondary N) is 1. The number of anilines is 1. The van der Waals surface area contributed by atoms with Crippen molar-refractivity contribution in [3.05, 3.63) is 76.8 Å². The smallest absolute Gasteiger partial charge is 0.324 e. The van der Waals surface area contributed by atoms with Crippen LogP contribution < -0.4 is 11.0 Å². The van der Waals surface area contributed by atoms with E-state index in [1.54, 1.807) is 24.3 Å². The van der Waals surface area contributed by atoms with Gasteiger partial charge in [-0.25, -0.2) is 9.48 Å². The lowest BCUT2D eigenvalue weighted by atomic mass is 10.1. The first-order valence-electron chi connectivity index (χ1n) is 7.93. The number of Topliss-reactive ketones (excluding diaryl/α,β-unsaturated/α-hetero) is 1. The minimum absolute atomic E-state index is 0.0975. The number of amides is 1. The third-order valence-electron chi connectivity index (χ3n) is 3.67. The number of aromatic nitrogens is 3. The molecule has 1 heterocycles. The predicted octanol–water partition coefficient (Wildman–Crippen LogP) is 2.15. The maximum atomic E-state index is 12.1. The van der Waals surface area contributed by atoms with Crippen LogP contribution in [0.3, 0.4) is 0 Å². The first-order chi connectivity index (χ1) is 12.5. The van der Waals surface area contributed by atoms with Crippen molar-refractivity contribution in [2.75, 3.05) is 5.32 Å². The highest BCUT2D eigenvalue weighted by Crippen LogP contribution is 2.13. The second-order valence-corrected chi connectivity index (χ2v) is 5.63. The van der Waals surface area contributed by atoms with Gasteiger partial charge in [-0.3, -0.25) is 9.59 Å². The molecule has 0 aliphatic carbocycles. The molecule has 130 valence electrons. The summed E-state index contributed by atoms with van der Waals surface area (Å²) in [5.41, 5.74) is 1.58. The summed E-state index contributed by atoms with van der Waals surface area (Å²) in [6.07, 6.45) is 1.44. The Balaban J connectivity index is 1.73. The monoisotopic (exact) mass is 348 g/mol. The molecule has 7 heteroatoms. The van der Waals surface area contributed by atoms with E-state index >= 15 is 0 Å². The average molecular weight is 348 g/mol. The van der Waals surface area contributed by atoms with Gasteiger partial charge in [-0.2, -0.15) is 10.1 Å². The number of carbonyl (C=O) groups is 2. The molecule has 0 saturated heterocycles. The zero-order valence-corrected chi connectivity index (χ0v) is 14.0. The molecule has 0 saturated carbocycles. The van der Waals surface area contributed by atoms with Gasteiger partial charge in [0.15, 0.2) is 5.78 Å². The van der Waals surface area contributed by atoms with E-state index in [0.29, 0.717) is 16.9 Å². The maximum absolute atomic E-state index is 12.1. The molecule has 0 unspecified atom stereocenters. The van der Waals surface area contributed by atoms with E-state index in [-0.39, 0.29) is 12.3 Å². The lowest BCUT2D eigenvalue weighted by Crippen LogP contribution is -2.31. The first-order valence-corrected chi connectivity index (χ1v) is 7.93. The van der Waals surface area contributed by atoms with Crippen molar-refractivity contribution in [3.8, 4) is 11.3 Å². The van der Waals surface area contributed by atoms with Gasteiger partial charge in [-0.1, -0.05) is 42.5 Å². The molecule has 0 aliphatic rings. The fourth-order valence-electron chi connectivity index (χ4n) is 2.37. The molecule has 3 rings (SSSR count). The number of hydrogen-bond acceptors (Lipinski definition) is 5. The molecule has 0 atom stereocenters. The van der Waals surface area contributed by atoms with Gasteiger partial charge in [0.2, 0.25) is 5.91 Å². The maximum Gasteiger partial charge on any atom is 0.365 e. The Morgan fingerprint density at radius 1 is 1.08 bits per heavy atom. The van der Waals surface area contributed by atoms with Crippen molar-refractivity contribution in [1.82, 2.24) is 14.8 Å². The topological polar surface area (TPSA) is 93.9 Å². The lowest BCUT2D eigenvalue weighted by Gasteiger charge is -2.08. The van der Waals surface area contributed by atoms with Gasteiger partial charge in [-0.05, 0) is 19.1 Å². The van der Waals surface area contributed by atoms with Crippen LogP contribution in [0.4, 0.5) is 5.69 Å². The minimum atomic E-state index is -0.612. The summed E-state index contributed by atoms with van der Waals surface area (Å²) in [5, 5.41) is 6.65. The van der Waals surface area contributed by atoms with E-state index < -0.39 is 11.6 Å². The molecule has 1 aromatic heterocycles. The van der Waals surface area contributed by atoms with Gasteiger partial charge in [-0.15, -0.1) is 0 Å². The highest BCUT2D eigenvalue weighted by Gasteiger charge is 2.09. The zero-order valence-electron chi connectivity index (χ0n) is 14.0. The van der Waals surface area contributed by atoms with E-state index in [2.05, 4.69) is 15.4 Å². The second kappa shape index (κ2) is 7.52. The third kappa shape index (κ3) is 4.07. The van der Waals surface area contributed by atoms with Gasteiger partial charge in [0.25, 0.3) is 0 Å². The molecule has 0 radical (unpaired) electrons. The Bertz CT molecular complexity index is 1010. The summed E-state index contributed by atoms with van der Waals surface area (Å²) in [4.78, 5) is 39.6. The van der Waals surface area contributed by atoms with E-state index in [4.69, 9.17) is 0 Å². The predicted molar refractivity (Wildman–Crippen MR) is 96.8 cm³/mol. The van der Waals surface area contributed by atoms with Crippen LogP contribution in [-0.2, 0) is 11.3 Å². The number of benzene rings is 2. The fraction of sp³-hybridized carbons (Fsp3) is 0.105. The van der Waals surface area contributed by atoms with Crippen LogP contribution >= 0.6 is 0 Å². The van der Waals surface area contributed by atoms with Crippen molar-refractivity contribution in [2.45, 2.75) is 13.5 Å². The van der Waals surface area contributed by atoms with Crippen molar-refractivity contribution >= 4 is 17.4 Å². The normalized spacial score (nSPS) is 10.3. The van der Waals surface area contributed by atoms with Gasteiger partial charge < -0.3 is 5.32 Å². The summed E-state index contributed by atoms with van der Waals surface area (Å²) in [5.74, 6) is -0.533. The molecule has 3 aromatic rings. The number of rotatable bonds is 5. The van der Waals surface area contributed by atoms with E-state index in [1.807, 2.05) is 30.3 Å². The molecule has 1 N–H and O–H groups in total. The second-order valence-electron chi connectivity index (χ2n) is 5.63. The molecule has 0 spiro atoms. The molecule has 26 heavy (non-hydrogen) atoms.